The van der Waals surface area contributed by atoms with Crippen LogP contribution in [-0.4, -0.2) is 51.7 Å². The molecule has 180 valence electrons. The quantitative estimate of drug-likeness (QED) is 0.198. The summed E-state index contributed by atoms with van der Waals surface area (Å²) >= 11 is 1.62. The third-order valence-corrected chi connectivity index (χ3v) is 7.41. The zero-order chi connectivity index (χ0) is 24.6. The van der Waals surface area contributed by atoms with Crippen molar-refractivity contribution in [3.8, 4) is 11.4 Å². The standard InChI is InChI=1S/C25H25N5O4S/c1-15-21(30-11-7-17(13-20(30)27-15)22(31)26-10-12-34-2)19-14-35-24(28-19)25(8-9-25)18-5-3-16(4-6-18)23(32)29-33/h3-7,11,13-14,33H,8-10,12H2,1-2H3,(H,26,31)(H,29,32). The predicted molar refractivity (Wildman–Crippen MR) is 131 cm³/mol. The molecule has 10 heteroatoms. The molecular weight excluding hydrogens is 466 g/mol. The fourth-order valence-corrected chi connectivity index (χ4v) is 5.43. The highest BCUT2D eigenvalue weighted by molar-refractivity contribution is 7.10. The van der Waals surface area contributed by atoms with Crippen LogP contribution in [0.2, 0.25) is 0 Å². The van der Waals surface area contributed by atoms with Gasteiger partial charge in [-0.15, -0.1) is 11.3 Å². The maximum Gasteiger partial charge on any atom is 0.274 e. The number of benzene rings is 1. The summed E-state index contributed by atoms with van der Waals surface area (Å²) in [4.78, 5) is 33.7. The first kappa shape index (κ1) is 23.2. The van der Waals surface area contributed by atoms with Crippen LogP contribution in [0.25, 0.3) is 17.0 Å². The van der Waals surface area contributed by atoms with E-state index in [1.165, 1.54) is 0 Å². The van der Waals surface area contributed by atoms with E-state index in [0.717, 1.165) is 40.5 Å². The van der Waals surface area contributed by atoms with Crippen LogP contribution in [0.1, 0.15) is 49.8 Å². The number of methoxy groups -OCH3 is 1. The number of aryl methyl sites for hydroxylation is 1. The number of thiazole rings is 1. The largest absolute Gasteiger partial charge is 0.383 e. The number of nitrogens with one attached hydrogen (secondary N) is 2. The van der Waals surface area contributed by atoms with E-state index < -0.39 is 5.91 Å². The Bertz CT molecular complexity index is 1410. The molecule has 3 aromatic heterocycles. The van der Waals surface area contributed by atoms with E-state index in [0.29, 0.717) is 29.9 Å². The molecule has 35 heavy (non-hydrogen) atoms. The third-order valence-electron chi connectivity index (χ3n) is 6.36. The number of hydroxylamine groups is 1. The average Bonchev–Trinajstić information content (AvgIpc) is 3.42. The van der Waals surface area contributed by atoms with E-state index in [-0.39, 0.29) is 11.3 Å². The number of rotatable bonds is 8. The lowest BCUT2D eigenvalue weighted by Gasteiger charge is -2.13. The molecule has 1 fully saturated rings. The zero-order valence-electron chi connectivity index (χ0n) is 19.4. The van der Waals surface area contributed by atoms with Crippen LogP contribution in [0, 0.1) is 6.92 Å². The van der Waals surface area contributed by atoms with Crippen LogP contribution in [0.5, 0.6) is 0 Å². The molecule has 1 aliphatic carbocycles. The number of amides is 2. The van der Waals surface area contributed by atoms with Crippen LogP contribution < -0.4 is 10.8 Å². The molecule has 3 N–H and O–H groups in total. The van der Waals surface area contributed by atoms with Crippen molar-refractivity contribution in [1.29, 1.82) is 0 Å². The summed E-state index contributed by atoms with van der Waals surface area (Å²) in [5.74, 6) is -0.697. The van der Waals surface area contributed by atoms with Crippen LogP contribution in [0.15, 0.2) is 48.0 Å². The second-order valence-corrected chi connectivity index (χ2v) is 9.43. The van der Waals surface area contributed by atoms with Crippen LogP contribution in [-0.2, 0) is 10.2 Å². The number of pyridine rings is 1. The smallest absolute Gasteiger partial charge is 0.274 e. The van der Waals surface area contributed by atoms with Crippen molar-refractivity contribution >= 4 is 28.8 Å². The molecule has 0 aliphatic heterocycles. The number of nitrogens with zero attached hydrogens (tertiary/aromatic N) is 3. The van der Waals surface area contributed by atoms with Crippen LogP contribution in [0.3, 0.4) is 0 Å². The second-order valence-electron chi connectivity index (χ2n) is 8.58. The first-order valence-electron chi connectivity index (χ1n) is 11.2. The number of ether oxygens (including phenoxy) is 1. The van der Waals surface area contributed by atoms with Crippen molar-refractivity contribution in [1.82, 2.24) is 25.2 Å². The topological polar surface area (TPSA) is 118 Å². The van der Waals surface area contributed by atoms with Crippen LogP contribution in [0.4, 0.5) is 0 Å². The van der Waals surface area contributed by atoms with Gasteiger partial charge in [0.05, 0.1) is 18.0 Å². The highest BCUT2D eigenvalue weighted by atomic mass is 32.1. The lowest BCUT2D eigenvalue weighted by Crippen LogP contribution is -2.26. The van der Waals surface area contributed by atoms with Gasteiger partial charge in [0.1, 0.15) is 16.3 Å². The normalized spacial score (nSPS) is 14.1. The number of imidazole rings is 1. The second kappa shape index (κ2) is 9.21. The van der Waals surface area contributed by atoms with Gasteiger partial charge in [-0.1, -0.05) is 12.1 Å². The van der Waals surface area contributed by atoms with Gasteiger partial charge >= 0.3 is 0 Å². The van der Waals surface area contributed by atoms with Gasteiger partial charge in [0.2, 0.25) is 0 Å². The number of carbonyl (C=O) groups is 2. The van der Waals surface area contributed by atoms with Crippen molar-refractivity contribution < 1.29 is 19.5 Å². The fraction of sp³-hybridized carbons (Fsp3) is 0.280. The number of carbonyl (C=O) groups excluding carboxylic acids is 2. The summed E-state index contributed by atoms with van der Waals surface area (Å²) in [5, 5.41) is 14.7. The maximum absolute atomic E-state index is 12.4. The van der Waals surface area contributed by atoms with Gasteiger partial charge in [-0.05, 0) is 49.6 Å². The lowest BCUT2D eigenvalue weighted by molar-refractivity contribution is 0.0706. The molecule has 1 aromatic carbocycles. The summed E-state index contributed by atoms with van der Waals surface area (Å²) in [7, 11) is 1.59. The summed E-state index contributed by atoms with van der Waals surface area (Å²) in [6.45, 7) is 2.84. The Balaban J connectivity index is 1.42. The van der Waals surface area contributed by atoms with Gasteiger partial charge in [-0.2, -0.15) is 0 Å². The Morgan fingerprint density at radius 3 is 2.60 bits per heavy atom. The van der Waals surface area contributed by atoms with E-state index >= 15 is 0 Å². The molecule has 0 atom stereocenters. The van der Waals surface area contributed by atoms with Gasteiger partial charge in [-0.25, -0.2) is 15.4 Å². The van der Waals surface area contributed by atoms with Crippen molar-refractivity contribution in [3.05, 3.63) is 75.4 Å². The summed E-state index contributed by atoms with van der Waals surface area (Å²) < 4.78 is 6.94. The Labute approximate surface area is 205 Å². The molecule has 0 bridgehead atoms. The van der Waals surface area contributed by atoms with E-state index in [4.69, 9.17) is 14.9 Å². The van der Waals surface area contributed by atoms with E-state index in [1.807, 2.05) is 35.0 Å². The Morgan fingerprint density at radius 2 is 1.91 bits per heavy atom. The van der Waals surface area contributed by atoms with Crippen LogP contribution >= 0.6 is 11.3 Å². The first-order valence-corrected chi connectivity index (χ1v) is 12.1. The number of hydrogen-bond donors (Lipinski definition) is 3. The Kier molecular flexibility index (Phi) is 6.10. The van der Waals surface area contributed by atoms with Crippen molar-refractivity contribution in [2.45, 2.75) is 25.2 Å². The molecule has 5 rings (SSSR count). The summed E-state index contributed by atoms with van der Waals surface area (Å²) in [5.41, 5.74) is 6.82. The Morgan fingerprint density at radius 1 is 1.14 bits per heavy atom. The summed E-state index contributed by atoms with van der Waals surface area (Å²) in [6.07, 6.45) is 3.82. The monoisotopic (exact) mass is 491 g/mol. The molecule has 0 spiro atoms. The minimum atomic E-state index is -0.531. The van der Waals surface area contributed by atoms with Crippen molar-refractivity contribution in [2.24, 2.45) is 0 Å². The molecule has 9 nitrogen and oxygen atoms in total. The average molecular weight is 492 g/mol. The SMILES string of the molecule is COCCNC(=O)c1ccn2c(-c3csc(C4(c5ccc(C(=O)NO)cc5)CC4)n3)c(C)nc2c1. The number of hydrogen-bond acceptors (Lipinski definition) is 7. The first-order chi connectivity index (χ1) is 17.0. The van der Waals surface area contributed by atoms with E-state index in [1.54, 1.807) is 48.2 Å². The predicted octanol–water partition coefficient (Wildman–Crippen LogP) is 3.34. The molecule has 3 heterocycles. The molecule has 0 radical (unpaired) electrons. The molecule has 1 saturated carbocycles. The molecule has 4 aromatic rings. The highest BCUT2D eigenvalue weighted by Crippen LogP contribution is 2.54. The summed E-state index contributed by atoms with van der Waals surface area (Å²) in [6, 6.07) is 10.8. The lowest BCUT2D eigenvalue weighted by atomic mass is 9.95. The molecule has 1 aliphatic rings. The highest BCUT2D eigenvalue weighted by Gasteiger charge is 2.48. The maximum atomic E-state index is 12.4. The molecule has 0 saturated heterocycles. The van der Waals surface area contributed by atoms with Gasteiger partial charge in [0.15, 0.2) is 0 Å². The Hall–Kier alpha value is -3.60. The zero-order valence-corrected chi connectivity index (χ0v) is 20.2. The van der Waals surface area contributed by atoms with Crippen molar-refractivity contribution in [3.63, 3.8) is 0 Å². The molecular formula is C25H25N5O4S. The molecule has 0 unspecified atom stereocenters. The minimum absolute atomic E-state index is 0.154. The minimum Gasteiger partial charge on any atom is -0.383 e. The number of aromatic nitrogens is 3. The number of fused-ring (bicyclic) bond motifs is 1. The molecule has 2 amide bonds. The van der Waals surface area contributed by atoms with Gasteiger partial charge in [-0.3, -0.25) is 19.2 Å². The van der Waals surface area contributed by atoms with E-state index in [9.17, 15) is 9.59 Å². The van der Waals surface area contributed by atoms with E-state index in [2.05, 4.69) is 10.3 Å². The third kappa shape index (κ3) is 4.20. The van der Waals surface area contributed by atoms with Gasteiger partial charge < -0.3 is 10.1 Å². The van der Waals surface area contributed by atoms with Gasteiger partial charge in [0, 0.05) is 41.8 Å². The van der Waals surface area contributed by atoms with Gasteiger partial charge in [0.25, 0.3) is 11.8 Å². The van der Waals surface area contributed by atoms with Crippen molar-refractivity contribution in [2.75, 3.05) is 20.3 Å². The fourth-order valence-electron chi connectivity index (χ4n) is 4.34.